The molecule has 1 aliphatic heterocycles. The van der Waals surface area contributed by atoms with E-state index in [4.69, 9.17) is 0 Å². The zero-order chi connectivity index (χ0) is 19.1. The third-order valence-electron chi connectivity index (χ3n) is 6.61. The van der Waals surface area contributed by atoms with Crippen molar-refractivity contribution in [3.8, 4) is 0 Å². The molecule has 5 rings (SSSR count). The van der Waals surface area contributed by atoms with Crippen molar-refractivity contribution in [1.29, 1.82) is 0 Å². The van der Waals surface area contributed by atoms with E-state index in [0.29, 0.717) is 17.9 Å². The Labute approximate surface area is 167 Å². The maximum Gasteiger partial charge on any atom is 0.0554 e. The van der Waals surface area contributed by atoms with Gasteiger partial charge in [-0.3, -0.25) is 0 Å². The summed E-state index contributed by atoms with van der Waals surface area (Å²) in [7, 11) is 0. The van der Waals surface area contributed by atoms with Gasteiger partial charge in [-0.25, -0.2) is 0 Å². The molecule has 142 valence electrons. The Bertz CT molecular complexity index is 1030. The number of fused-ring (bicyclic) bond motifs is 4. The fraction of sp³-hybridized carbons (Fsp3) is 0.308. The third-order valence-corrected chi connectivity index (χ3v) is 6.61. The van der Waals surface area contributed by atoms with Crippen LogP contribution in [0.3, 0.4) is 0 Å². The molecule has 3 aromatic carbocycles. The summed E-state index contributed by atoms with van der Waals surface area (Å²) in [6.45, 7) is 6.56. The number of hydrogen-bond donors (Lipinski definition) is 1. The average Bonchev–Trinajstić information content (AvgIpc) is 3.24. The first-order valence-electron chi connectivity index (χ1n) is 10.6. The molecule has 2 nitrogen and oxygen atoms in total. The predicted octanol–water partition coefficient (Wildman–Crippen LogP) is 6.51. The minimum absolute atomic E-state index is 0.358. The number of benzene rings is 3. The predicted molar refractivity (Wildman–Crippen MR) is 120 cm³/mol. The first-order valence-corrected chi connectivity index (χ1v) is 10.6. The summed E-state index contributed by atoms with van der Waals surface area (Å²) in [5, 5.41) is 6.53. The Morgan fingerprint density at radius 3 is 2.57 bits per heavy atom. The van der Waals surface area contributed by atoms with Crippen molar-refractivity contribution in [3.05, 3.63) is 83.9 Å². The SMILES string of the molecule is CCN(CC)c1ccc2c(c1)C1C=CCC1C(c1ccc3ccccc3c1)N2. The van der Waals surface area contributed by atoms with Gasteiger partial charge in [-0.05, 0) is 72.4 Å². The van der Waals surface area contributed by atoms with E-state index in [-0.39, 0.29) is 0 Å². The molecule has 1 aliphatic carbocycles. The second-order valence-electron chi connectivity index (χ2n) is 8.03. The molecule has 0 aromatic heterocycles. The molecule has 0 fully saturated rings. The smallest absolute Gasteiger partial charge is 0.0554 e. The zero-order valence-corrected chi connectivity index (χ0v) is 16.7. The summed E-state index contributed by atoms with van der Waals surface area (Å²) in [6.07, 6.45) is 5.96. The molecular weight excluding hydrogens is 340 g/mol. The van der Waals surface area contributed by atoms with Crippen LogP contribution in [0.2, 0.25) is 0 Å². The van der Waals surface area contributed by atoms with Crippen LogP contribution in [-0.2, 0) is 0 Å². The van der Waals surface area contributed by atoms with Crippen molar-refractivity contribution in [2.24, 2.45) is 5.92 Å². The van der Waals surface area contributed by atoms with Gasteiger partial charge in [-0.2, -0.15) is 0 Å². The van der Waals surface area contributed by atoms with E-state index < -0.39 is 0 Å². The van der Waals surface area contributed by atoms with Crippen LogP contribution >= 0.6 is 0 Å². The fourth-order valence-corrected chi connectivity index (χ4v) is 5.10. The summed E-state index contributed by atoms with van der Waals surface area (Å²) < 4.78 is 0. The van der Waals surface area contributed by atoms with Crippen molar-refractivity contribution in [1.82, 2.24) is 0 Å². The summed E-state index contributed by atoms with van der Waals surface area (Å²) in [6, 6.07) is 22.9. The topological polar surface area (TPSA) is 15.3 Å². The molecule has 0 saturated heterocycles. The highest BCUT2D eigenvalue weighted by molar-refractivity contribution is 5.83. The van der Waals surface area contributed by atoms with Crippen molar-refractivity contribution in [3.63, 3.8) is 0 Å². The van der Waals surface area contributed by atoms with E-state index in [1.54, 1.807) is 0 Å². The number of nitrogens with zero attached hydrogens (tertiary/aromatic N) is 1. The van der Waals surface area contributed by atoms with E-state index in [2.05, 4.69) is 96.9 Å². The first-order chi connectivity index (χ1) is 13.8. The second-order valence-corrected chi connectivity index (χ2v) is 8.03. The summed E-state index contributed by atoms with van der Waals surface area (Å²) in [5.74, 6) is 1.09. The second kappa shape index (κ2) is 7.01. The van der Waals surface area contributed by atoms with E-state index in [0.717, 1.165) is 19.5 Å². The Balaban J connectivity index is 1.55. The molecule has 1 N–H and O–H groups in total. The van der Waals surface area contributed by atoms with E-state index in [1.807, 2.05) is 0 Å². The van der Waals surface area contributed by atoms with Crippen molar-refractivity contribution < 1.29 is 0 Å². The highest BCUT2D eigenvalue weighted by atomic mass is 15.1. The quantitative estimate of drug-likeness (QED) is 0.528. The van der Waals surface area contributed by atoms with Gasteiger partial charge in [0.2, 0.25) is 0 Å². The number of rotatable bonds is 4. The lowest BCUT2D eigenvalue weighted by Crippen LogP contribution is -2.29. The van der Waals surface area contributed by atoms with Crippen LogP contribution in [-0.4, -0.2) is 13.1 Å². The maximum atomic E-state index is 3.89. The van der Waals surface area contributed by atoms with Gasteiger partial charge < -0.3 is 10.2 Å². The van der Waals surface area contributed by atoms with Crippen molar-refractivity contribution >= 4 is 22.1 Å². The molecule has 0 radical (unpaired) electrons. The highest BCUT2D eigenvalue weighted by Gasteiger charge is 2.38. The Morgan fingerprint density at radius 2 is 1.75 bits per heavy atom. The molecule has 3 aromatic rings. The molecular formula is C26H28N2. The number of allylic oxidation sites excluding steroid dienone is 2. The number of hydrogen-bond acceptors (Lipinski definition) is 2. The monoisotopic (exact) mass is 368 g/mol. The largest absolute Gasteiger partial charge is 0.378 e. The van der Waals surface area contributed by atoms with E-state index in [9.17, 15) is 0 Å². The van der Waals surface area contributed by atoms with E-state index in [1.165, 1.54) is 33.3 Å². The lowest BCUT2D eigenvalue weighted by molar-refractivity contribution is 0.426. The molecule has 1 heterocycles. The third kappa shape index (κ3) is 2.79. The van der Waals surface area contributed by atoms with Crippen LogP contribution in [0.1, 0.15) is 43.4 Å². The van der Waals surface area contributed by atoms with E-state index >= 15 is 0 Å². The standard InChI is InChI=1S/C26H28N2/c1-3-28(4-2)21-14-15-25-24(17-21)22-10-7-11-23(22)26(27-25)20-13-12-18-8-5-6-9-19(18)16-20/h5-10,12-17,22-23,26-27H,3-4,11H2,1-2H3. The molecule has 3 atom stereocenters. The molecule has 0 bridgehead atoms. The summed E-state index contributed by atoms with van der Waals surface area (Å²) >= 11 is 0. The number of nitrogens with one attached hydrogen (secondary N) is 1. The zero-order valence-electron chi connectivity index (χ0n) is 16.7. The van der Waals surface area contributed by atoms with Crippen LogP contribution in [0.5, 0.6) is 0 Å². The van der Waals surface area contributed by atoms with Crippen molar-refractivity contribution in [2.45, 2.75) is 32.2 Å². The summed E-state index contributed by atoms with van der Waals surface area (Å²) in [4.78, 5) is 2.43. The van der Waals surface area contributed by atoms with Gasteiger partial charge in [0, 0.05) is 30.4 Å². The van der Waals surface area contributed by atoms with Gasteiger partial charge in [-0.15, -0.1) is 0 Å². The van der Waals surface area contributed by atoms with Gasteiger partial charge in [0.05, 0.1) is 6.04 Å². The lowest BCUT2D eigenvalue weighted by atomic mass is 9.76. The fourth-order valence-electron chi connectivity index (χ4n) is 5.10. The minimum Gasteiger partial charge on any atom is -0.378 e. The highest BCUT2D eigenvalue weighted by Crippen LogP contribution is 2.50. The van der Waals surface area contributed by atoms with Gasteiger partial charge in [-0.1, -0.05) is 48.6 Å². The van der Waals surface area contributed by atoms with Crippen LogP contribution < -0.4 is 10.2 Å². The Hall–Kier alpha value is -2.74. The minimum atomic E-state index is 0.358. The van der Waals surface area contributed by atoms with Crippen LogP contribution in [0, 0.1) is 5.92 Å². The van der Waals surface area contributed by atoms with Crippen LogP contribution in [0.4, 0.5) is 11.4 Å². The van der Waals surface area contributed by atoms with Gasteiger partial charge in [0.15, 0.2) is 0 Å². The molecule has 3 unspecified atom stereocenters. The maximum absolute atomic E-state index is 3.89. The molecule has 2 heteroatoms. The van der Waals surface area contributed by atoms with Crippen LogP contribution in [0.15, 0.2) is 72.8 Å². The Morgan fingerprint density at radius 1 is 0.929 bits per heavy atom. The molecule has 2 aliphatic rings. The normalized spacial score (nSPS) is 22.6. The molecule has 0 saturated carbocycles. The first kappa shape index (κ1) is 17.4. The van der Waals surface area contributed by atoms with Gasteiger partial charge in [0.25, 0.3) is 0 Å². The molecule has 0 spiro atoms. The number of anilines is 2. The summed E-state index contributed by atoms with van der Waals surface area (Å²) in [5.41, 5.74) is 5.49. The molecule has 0 amide bonds. The van der Waals surface area contributed by atoms with Gasteiger partial charge in [0.1, 0.15) is 0 Å². The average molecular weight is 369 g/mol. The van der Waals surface area contributed by atoms with Gasteiger partial charge >= 0.3 is 0 Å². The molecule has 28 heavy (non-hydrogen) atoms. The lowest BCUT2D eigenvalue weighted by Gasteiger charge is -2.38. The Kier molecular flexibility index (Phi) is 4.35. The van der Waals surface area contributed by atoms with Crippen LogP contribution in [0.25, 0.3) is 10.8 Å². The van der Waals surface area contributed by atoms with Crippen molar-refractivity contribution in [2.75, 3.05) is 23.3 Å².